The van der Waals surface area contributed by atoms with Crippen LogP contribution in [-0.4, -0.2) is 36.4 Å². The third-order valence-corrected chi connectivity index (χ3v) is 2.14. The molecular weight excluding hydrogens is 202 g/mol. The second kappa shape index (κ2) is 9.19. The lowest BCUT2D eigenvalue weighted by molar-refractivity contribution is 0.0845. The van der Waals surface area contributed by atoms with E-state index in [0.717, 1.165) is 24.4 Å². The average Bonchev–Trinajstić information content (AvgIpc) is 2.28. The molecule has 0 fully saturated rings. The van der Waals surface area contributed by atoms with Gasteiger partial charge in [-0.25, -0.2) is 0 Å². The number of hydrogen-bond donors (Lipinski definition) is 1. The van der Waals surface area contributed by atoms with Crippen LogP contribution in [-0.2, 0) is 4.74 Å². The Labute approximate surface area is 98.7 Å². The first kappa shape index (κ1) is 14.9. The summed E-state index contributed by atoms with van der Waals surface area (Å²) in [7, 11) is 0. The summed E-state index contributed by atoms with van der Waals surface area (Å²) in [4.78, 5) is 1.90. The quantitative estimate of drug-likeness (QED) is 0.391. The molecule has 0 aromatic rings. The lowest BCUT2D eigenvalue weighted by atomic mass is 10.3. The monoisotopic (exact) mass is 225 g/mol. The first-order valence-corrected chi connectivity index (χ1v) is 5.60. The Hall–Kier alpha value is -1.06. The number of allylic oxidation sites excluding steroid dienone is 4. The van der Waals surface area contributed by atoms with Gasteiger partial charge in [-0.05, 0) is 32.5 Å². The number of likely N-dealkylation sites (N-methyl/N-ethyl adjacent to an activating group) is 1. The second-order valence-electron chi connectivity index (χ2n) is 3.57. The molecule has 0 aliphatic heterocycles. The van der Waals surface area contributed by atoms with E-state index in [4.69, 9.17) is 9.84 Å². The maximum absolute atomic E-state index is 8.95. The van der Waals surface area contributed by atoms with Crippen molar-refractivity contribution < 1.29 is 9.84 Å². The smallest absolute Gasteiger partial charge is 0.115 e. The molecule has 0 bridgehead atoms. The van der Waals surface area contributed by atoms with Crippen molar-refractivity contribution in [2.75, 3.05) is 26.4 Å². The van der Waals surface area contributed by atoms with Crippen molar-refractivity contribution >= 4 is 0 Å². The van der Waals surface area contributed by atoms with E-state index < -0.39 is 0 Å². The largest absolute Gasteiger partial charge is 0.493 e. The number of rotatable bonds is 8. The minimum Gasteiger partial charge on any atom is -0.493 e. The summed E-state index contributed by atoms with van der Waals surface area (Å²) in [5.74, 6) is 0.831. The molecule has 0 amide bonds. The van der Waals surface area contributed by atoms with E-state index in [9.17, 15) is 0 Å². The Bertz CT molecular complexity index is 253. The van der Waals surface area contributed by atoms with Crippen LogP contribution < -0.4 is 0 Å². The van der Waals surface area contributed by atoms with Gasteiger partial charge in [0.1, 0.15) is 12.4 Å². The highest BCUT2D eigenvalue weighted by Crippen LogP contribution is 2.02. The van der Waals surface area contributed by atoms with E-state index in [1.54, 1.807) is 0 Å². The van der Waals surface area contributed by atoms with Gasteiger partial charge in [-0.3, -0.25) is 4.90 Å². The van der Waals surface area contributed by atoms with Crippen LogP contribution in [0.5, 0.6) is 0 Å². The molecule has 16 heavy (non-hydrogen) atoms. The number of hydrogen-bond acceptors (Lipinski definition) is 3. The van der Waals surface area contributed by atoms with Crippen molar-refractivity contribution in [1.82, 2.24) is 4.90 Å². The summed E-state index contributed by atoms with van der Waals surface area (Å²) < 4.78 is 5.56. The van der Waals surface area contributed by atoms with Crippen LogP contribution in [0.15, 0.2) is 36.1 Å². The zero-order valence-corrected chi connectivity index (χ0v) is 10.6. The third-order valence-electron chi connectivity index (χ3n) is 2.14. The Balaban J connectivity index is 3.93. The molecule has 0 radical (unpaired) electrons. The normalized spacial score (nSPS) is 12.4. The fraction of sp³-hybridized carbons (Fsp3) is 0.538. The fourth-order valence-electron chi connectivity index (χ4n) is 1.07. The number of aliphatic hydroxyl groups is 1. The van der Waals surface area contributed by atoms with Crippen LogP contribution >= 0.6 is 0 Å². The summed E-state index contributed by atoms with van der Waals surface area (Å²) in [6, 6.07) is 0. The van der Waals surface area contributed by atoms with Gasteiger partial charge < -0.3 is 9.84 Å². The van der Waals surface area contributed by atoms with E-state index in [1.165, 1.54) is 0 Å². The van der Waals surface area contributed by atoms with Gasteiger partial charge in [-0.2, -0.15) is 0 Å². The number of ether oxygens (including phenoxy) is 1. The Morgan fingerprint density at radius 2 is 2.12 bits per heavy atom. The van der Waals surface area contributed by atoms with Crippen molar-refractivity contribution in [3.8, 4) is 0 Å². The highest BCUT2D eigenvalue weighted by Gasteiger charge is 1.99. The van der Waals surface area contributed by atoms with Crippen LogP contribution in [0.25, 0.3) is 0 Å². The molecule has 0 spiro atoms. The van der Waals surface area contributed by atoms with E-state index in [1.807, 2.05) is 43.9 Å². The maximum Gasteiger partial charge on any atom is 0.115 e. The van der Waals surface area contributed by atoms with Gasteiger partial charge >= 0.3 is 0 Å². The summed E-state index contributed by atoms with van der Waals surface area (Å²) in [5, 5.41) is 8.95. The van der Waals surface area contributed by atoms with E-state index in [2.05, 4.69) is 6.58 Å². The minimum atomic E-state index is 0.0760. The van der Waals surface area contributed by atoms with Gasteiger partial charge in [-0.15, -0.1) is 0 Å². The zero-order chi connectivity index (χ0) is 12.4. The molecule has 0 aromatic carbocycles. The Morgan fingerprint density at radius 3 is 2.56 bits per heavy atom. The lowest BCUT2D eigenvalue weighted by Crippen LogP contribution is -2.28. The fourth-order valence-corrected chi connectivity index (χ4v) is 1.07. The molecule has 0 saturated heterocycles. The molecule has 0 unspecified atom stereocenters. The SMILES string of the molecule is C=C(C)/C=C\C(=C/C)OCCN(CC)CO. The molecule has 0 heterocycles. The first-order chi connectivity index (χ1) is 7.63. The molecule has 0 atom stereocenters. The van der Waals surface area contributed by atoms with Crippen LogP contribution in [0.2, 0.25) is 0 Å². The molecule has 92 valence electrons. The van der Waals surface area contributed by atoms with Gasteiger partial charge in [0.25, 0.3) is 0 Å². The summed E-state index contributed by atoms with van der Waals surface area (Å²) in [5.41, 5.74) is 0.994. The van der Waals surface area contributed by atoms with Gasteiger partial charge in [0.05, 0.1) is 6.73 Å². The van der Waals surface area contributed by atoms with Crippen molar-refractivity contribution in [3.05, 3.63) is 36.1 Å². The molecular formula is C13H23NO2. The molecule has 1 N–H and O–H groups in total. The van der Waals surface area contributed by atoms with Gasteiger partial charge in [0.15, 0.2) is 0 Å². The topological polar surface area (TPSA) is 32.7 Å². The average molecular weight is 225 g/mol. The zero-order valence-electron chi connectivity index (χ0n) is 10.6. The third kappa shape index (κ3) is 7.26. The van der Waals surface area contributed by atoms with E-state index >= 15 is 0 Å². The molecule has 0 rings (SSSR count). The second-order valence-corrected chi connectivity index (χ2v) is 3.57. The molecule has 3 heteroatoms. The Morgan fingerprint density at radius 1 is 1.44 bits per heavy atom. The van der Waals surface area contributed by atoms with E-state index in [0.29, 0.717) is 6.61 Å². The summed E-state index contributed by atoms with van der Waals surface area (Å²) >= 11 is 0. The highest BCUT2D eigenvalue weighted by molar-refractivity contribution is 5.20. The molecule has 0 aliphatic carbocycles. The standard InChI is InChI=1S/C13H23NO2/c1-5-13(8-7-12(3)4)16-10-9-14(6-2)11-15/h5,7-8,15H,3,6,9-11H2,1-2,4H3/b8-7-,13-5+. The summed E-state index contributed by atoms with van der Waals surface area (Å²) in [6.07, 6.45) is 5.73. The summed E-state index contributed by atoms with van der Waals surface area (Å²) in [6.45, 7) is 11.9. The van der Waals surface area contributed by atoms with Crippen LogP contribution in [0, 0.1) is 0 Å². The Kier molecular flexibility index (Phi) is 8.58. The highest BCUT2D eigenvalue weighted by atomic mass is 16.5. The van der Waals surface area contributed by atoms with Crippen LogP contribution in [0.4, 0.5) is 0 Å². The number of aliphatic hydroxyl groups excluding tert-OH is 1. The molecule has 0 saturated carbocycles. The van der Waals surface area contributed by atoms with Crippen molar-refractivity contribution in [2.45, 2.75) is 20.8 Å². The van der Waals surface area contributed by atoms with Crippen LogP contribution in [0.3, 0.4) is 0 Å². The van der Waals surface area contributed by atoms with Crippen molar-refractivity contribution in [3.63, 3.8) is 0 Å². The van der Waals surface area contributed by atoms with Crippen LogP contribution in [0.1, 0.15) is 20.8 Å². The van der Waals surface area contributed by atoms with Crippen molar-refractivity contribution in [1.29, 1.82) is 0 Å². The molecule has 3 nitrogen and oxygen atoms in total. The lowest BCUT2D eigenvalue weighted by Gasteiger charge is -2.17. The predicted molar refractivity (Wildman–Crippen MR) is 68.0 cm³/mol. The van der Waals surface area contributed by atoms with Gasteiger partial charge in [0, 0.05) is 6.54 Å². The first-order valence-electron chi connectivity index (χ1n) is 5.60. The minimum absolute atomic E-state index is 0.0760. The van der Waals surface area contributed by atoms with Gasteiger partial charge in [-0.1, -0.05) is 25.2 Å². The molecule has 0 aliphatic rings. The van der Waals surface area contributed by atoms with Gasteiger partial charge in [0.2, 0.25) is 0 Å². The molecule has 0 aromatic heterocycles. The van der Waals surface area contributed by atoms with Crippen molar-refractivity contribution in [2.24, 2.45) is 0 Å². The maximum atomic E-state index is 8.95. The predicted octanol–water partition coefficient (Wildman–Crippen LogP) is 2.31. The number of nitrogens with zero attached hydrogens (tertiary/aromatic N) is 1. The van der Waals surface area contributed by atoms with E-state index in [-0.39, 0.29) is 6.73 Å².